The number of ether oxygens (including phenoxy) is 2. The summed E-state index contributed by atoms with van der Waals surface area (Å²) in [5.41, 5.74) is 0. The van der Waals surface area contributed by atoms with Crippen LogP contribution in [0, 0.1) is 5.92 Å². The van der Waals surface area contributed by atoms with Crippen LogP contribution in [0.2, 0.25) is 18.1 Å². The molecule has 1 amide bonds. The topological polar surface area (TPSA) is 94.2 Å². The van der Waals surface area contributed by atoms with Crippen molar-refractivity contribution in [2.24, 2.45) is 5.92 Å². The summed E-state index contributed by atoms with van der Waals surface area (Å²) < 4.78 is 15.9. The van der Waals surface area contributed by atoms with Crippen molar-refractivity contribution in [3.05, 3.63) is 0 Å². The van der Waals surface area contributed by atoms with E-state index in [0.717, 1.165) is 0 Å². The molecule has 2 aliphatic rings. The van der Waals surface area contributed by atoms with Gasteiger partial charge in [-0.05, 0) is 36.9 Å². The first-order valence-electron chi connectivity index (χ1n) is 8.72. The van der Waals surface area contributed by atoms with Gasteiger partial charge in [0.2, 0.25) is 0 Å². The van der Waals surface area contributed by atoms with Gasteiger partial charge in [-0.25, -0.2) is 9.59 Å². The molecule has 0 radical (unpaired) electrons. The van der Waals surface area contributed by atoms with Crippen molar-refractivity contribution in [3.63, 3.8) is 0 Å². The van der Waals surface area contributed by atoms with E-state index in [1.165, 1.54) is 7.11 Å². The van der Waals surface area contributed by atoms with Gasteiger partial charge in [-0.15, -0.1) is 0 Å². The summed E-state index contributed by atoms with van der Waals surface area (Å²) in [5.74, 6) is -0.331. The van der Waals surface area contributed by atoms with E-state index in [2.05, 4.69) is 5.32 Å². The summed E-state index contributed by atoms with van der Waals surface area (Å²) in [6.07, 6.45) is 0.443. The average Bonchev–Trinajstić information content (AvgIpc) is 3.28. The quantitative estimate of drug-likeness (QED) is 0.453. The second kappa shape index (κ2) is 7.07. The van der Waals surface area contributed by atoms with Crippen LogP contribution in [-0.2, 0) is 23.5 Å². The molecule has 8 heteroatoms. The number of esters is 1. The highest BCUT2D eigenvalue weighted by Crippen LogP contribution is 2.41. The lowest BCUT2D eigenvalue weighted by atomic mass is 9.84. The Morgan fingerprint density at radius 2 is 2.00 bits per heavy atom. The summed E-state index contributed by atoms with van der Waals surface area (Å²) in [6, 6.07) is -0.801. The number of rotatable bonds is 5. The van der Waals surface area contributed by atoms with Gasteiger partial charge in [-0.1, -0.05) is 20.8 Å². The summed E-state index contributed by atoms with van der Waals surface area (Å²) in [5, 5.41) is 2.53. The second-order valence-corrected chi connectivity index (χ2v) is 13.1. The van der Waals surface area contributed by atoms with Crippen molar-refractivity contribution in [1.82, 2.24) is 5.32 Å². The molecule has 1 saturated heterocycles. The van der Waals surface area contributed by atoms with Crippen LogP contribution in [0.3, 0.4) is 0 Å². The molecule has 0 bridgehead atoms. The zero-order valence-corrected chi connectivity index (χ0v) is 16.9. The lowest BCUT2D eigenvalue weighted by molar-refractivity contribution is -0.143. The van der Waals surface area contributed by atoms with E-state index in [1.54, 1.807) is 0 Å². The Morgan fingerprint density at radius 3 is 2.56 bits per heavy atom. The Hall–Kier alpha value is -1.41. The number of Topliss-reactive ketones (excluding diaryl/α,β-unsaturated/α-hetero) is 1. The van der Waals surface area contributed by atoms with E-state index >= 15 is 0 Å². The summed E-state index contributed by atoms with van der Waals surface area (Å²) in [7, 11) is -0.991. The molecule has 25 heavy (non-hydrogen) atoms. The molecule has 0 aromatic heterocycles. The van der Waals surface area contributed by atoms with Crippen molar-refractivity contribution in [2.45, 2.75) is 76.4 Å². The molecule has 0 unspecified atom stereocenters. The van der Waals surface area contributed by atoms with Crippen molar-refractivity contribution < 1.29 is 28.3 Å². The first-order chi connectivity index (χ1) is 11.5. The first kappa shape index (κ1) is 19.9. The van der Waals surface area contributed by atoms with Gasteiger partial charge >= 0.3 is 12.1 Å². The second-order valence-electron chi connectivity index (χ2n) is 8.39. The molecule has 7 nitrogen and oxygen atoms in total. The molecule has 4 atom stereocenters. The molecule has 1 heterocycles. The number of ketones is 1. The van der Waals surface area contributed by atoms with Gasteiger partial charge in [0, 0.05) is 6.42 Å². The van der Waals surface area contributed by atoms with E-state index in [9.17, 15) is 14.4 Å². The Kier molecular flexibility index (Phi) is 5.63. The maximum absolute atomic E-state index is 12.3. The van der Waals surface area contributed by atoms with E-state index in [1.807, 2.05) is 33.9 Å². The van der Waals surface area contributed by atoms with Crippen LogP contribution >= 0.6 is 0 Å². The fraction of sp³-hybridized carbons (Fsp3) is 0.824. The van der Waals surface area contributed by atoms with E-state index < -0.39 is 26.4 Å². The first-order valence-corrected chi connectivity index (χ1v) is 11.6. The molecule has 1 aliphatic heterocycles. The Bertz CT molecular complexity index is 556. The molecule has 1 saturated carbocycles. The summed E-state index contributed by atoms with van der Waals surface area (Å²) in [4.78, 5) is 36.0. The van der Waals surface area contributed by atoms with Crippen LogP contribution in [0.15, 0.2) is 0 Å². The van der Waals surface area contributed by atoms with Crippen molar-refractivity contribution in [3.8, 4) is 0 Å². The molecule has 1 N–H and O–H groups in total. The van der Waals surface area contributed by atoms with Crippen molar-refractivity contribution in [2.75, 3.05) is 7.11 Å². The normalized spacial score (nSPS) is 27.1. The minimum Gasteiger partial charge on any atom is -0.504 e. The van der Waals surface area contributed by atoms with E-state index in [-0.39, 0.29) is 28.9 Å². The number of carbonyl (C=O) groups excluding carboxylic acids is 3. The third-order valence-corrected chi connectivity index (χ3v) is 9.85. The summed E-state index contributed by atoms with van der Waals surface area (Å²) >= 11 is 0. The number of nitrogens with one attached hydrogen (secondary N) is 1. The molecule has 0 spiro atoms. The molecule has 2 rings (SSSR count). The molecular formula is C17H29NO6Si. The minimum absolute atomic E-state index is 0.0555. The Balaban J connectivity index is 1.97. The van der Waals surface area contributed by atoms with Crippen molar-refractivity contribution >= 4 is 26.2 Å². The number of hydrogen-bond donors (Lipinski definition) is 1. The van der Waals surface area contributed by atoms with Gasteiger partial charge in [0.05, 0.1) is 13.2 Å². The lowest BCUT2D eigenvalue weighted by Crippen LogP contribution is -2.50. The fourth-order valence-electron chi connectivity index (χ4n) is 2.84. The SMILES string of the molecule is COC(=O)[C@H](C[C@H]1CCC(=O)[C@@H]2O[C@H]12)NC(=O)O[Si](C)(C)C(C)(C)C. The van der Waals surface area contributed by atoms with Gasteiger partial charge in [-0.3, -0.25) is 4.79 Å². The maximum Gasteiger partial charge on any atom is 0.394 e. The molecular weight excluding hydrogens is 342 g/mol. The van der Waals surface area contributed by atoms with E-state index in [0.29, 0.717) is 19.3 Å². The largest absolute Gasteiger partial charge is 0.504 e. The number of methoxy groups -OCH3 is 1. The predicted octanol–water partition coefficient (Wildman–Crippen LogP) is 2.40. The highest BCUT2D eigenvalue weighted by atomic mass is 28.4. The molecule has 2 fully saturated rings. The van der Waals surface area contributed by atoms with Gasteiger partial charge in [0.25, 0.3) is 8.32 Å². The number of amides is 1. The zero-order chi connectivity index (χ0) is 19.0. The third-order valence-electron chi connectivity index (χ3n) is 5.54. The summed E-state index contributed by atoms with van der Waals surface area (Å²) in [6.45, 7) is 10.0. The van der Waals surface area contributed by atoms with Crippen LogP contribution in [0.5, 0.6) is 0 Å². The minimum atomic E-state index is -2.28. The van der Waals surface area contributed by atoms with Gasteiger partial charge in [0.15, 0.2) is 5.78 Å². The fourth-order valence-corrected chi connectivity index (χ4v) is 3.67. The molecule has 0 aromatic carbocycles. The molecule has 142 valence electrons. The Labute approximate surface area is 149 Å². The van der Waals surface area contributed by atoms with Crippen LogP contribution in [0.4, 0.5) is 4.79 Å². The predicted molar refractivity (Wildman–Crippen MR) is 93.6 cm³/mol. The smallest absolute Gasteiger partial charge is 0.394 e. The van der Waals surface area contributed by atoms with Crippen LogP contribution in [-0.4, -0.2) is 51.5 Å². The monoisotopic (exact) mass is 371 g/mol. The third kappa shape index (κ3) is 4.61. The van der Waals surface area contributed by atoms with Gasteiger partial charge in [-0.2, -0.15) is 0 Å². The van der Waals surface area contributed by atoms with Crippen LogP contribution in [0.1, 0.15) is 40.0 Å². The lowest BCUT2D eigenvalue weighted by Gasteiger charge is -2.35. The Morgan fingerprint density at radius 1 is 1.36 bits per heavy atom. The number of carbonyl (C=O) groups is 3. The zero-order valence-electron chi connectivity index (χ0n) is 15.9. The molecule has 1 aliphatic carbocycles. The van der Waals surface area contributed by atoms with Gasteiger partial charge < -0.3 is 19.2 Å². The molecule has 0 aromatic rings. The van der Waals surface area contributed by atoms with E-state index in [4.69, 9.17) is 13.9 Å². The average molecular weight is 372 g/mol. The number of fused-ring (bicyclic) bond motifs is 1. The number of hydrogen-bond acceptors (Lipinski definition) is 6. The van der Waals surface area contributed by atoms with Crippen LogP contribution in [0.25, 0.3) is 0 Å². The van der Waals surface area contributed by atoms with Crippen molar-refractivity contribution in [1.29, 1.82) is 0 Å². The number of epoxide rings is 1. The highest BCUT2D eigenvalue weighted by Gasteiger charge is 2.53. The highest BCUT2D eigenvalue weighted by molar-refractivity contribution is 6.75. The standard InChI is InChI=1S/C17H29NO6Si/c1-17(2,3)25(5,6)24-16(21)18-11(15(20)22-4)9-10-7-8-12(19)14-13(10)23-14/h10-11,13-14H,7-9H2,1-6H3,(H,18,21)/t10-,11+,13-,14+/m1/s1. The van der Waals surface area contributed by atoms with Gasteiger partial charge in [0.1, 0.15) is 12.1 Å². The maximum atomic E-state index is 12.3. The van der Waals surface area contributed by atoms with Crippen LogP contribution < -0.4 is 5.32 Å².